The first-order chi connectivity index (χ1) is 11.8. The average Bonchev–Trinajstić information content (AvgIpc) is 2.74. The maximum absolute atomic E-state index is 12.4. The molecule has 0 radical (unpaired) electrons. The lowest BCUT2D eigenvalue weighted by atomic mass is 9.76. The zero-order valence-corrected chi connectivity index (χ0v) is 15.8. The van der Waals surface area contributed by atoms with Crippen LogP contribution < -0.4 is 5.32 Å². The maximum atomic E-state index is 12.4. The van der Waals surface area contributed by atoms with Crippen LogP contribution >= 0.6 is 11.8 Å². The van der Waals surface area contributed by atoms with Crippen LogP contribution in [-0.2, 0) is 29.0 Å². The van der Waals surface area contributed by atoms with Gasteiger partial charge in [0.05, 0.1) is 17.6 Å². The van der Waals surface area contributed by atoms with E-state index in [2.05, 4.69) is 9.50 Å². The molecule has 0 bridgehead atoms. The zero-order valence-electron chi connectivity index (χ0n) is 14.1. The Hall–Kier alpha value is -1.89. The molecular formula is C14H18N2O8S2. The van der Waals surface area contributed by atoms with Gasteiger partial charge in [-0.2, -0.15) is 8.42 Å². The summed E-state index contributed by atoms with van der Waals surface area (Å²) in [7, 11) is -4.78. The molecule has 0 unspecified atom stereocenters. The van der Waals surface area contributed by atoms with Crippen LogP contribution in [0.25, 0.3) is 0 Å². The number of rotatable bonds is 7. The van der Waals surface area contributed by atoms with E-state index in [0.29, 0.717) is 4.91 Å². The van der Waals surface area contributed by atoms with Gasteiger partial charge in [-0.1, -0.05) is 11.8 Å². The standard InChI is InChI=1S/C14H18N2O8S2/c1-7(17)15-4-5-25-9-6-8-10(14(2,3)24-26(21,22)23)12(18)16(8)11(9)13(19)20/h4-5,8,10H,6H2,1-3H3,(H,15,17)(H,19,20)(H,21,22,23)/b5-4-/t8-,10+/m1/s1. The van der Waals surface area contributed by atoms with Crippen molar-refractivity contribution in [1.29, 1.82) is 0 Å². The van der Waals surface area contributed by atoms with Crippen molar-refractivity contribution in [3.05, 3.63) is 22.2 Å². The molecule has 1 fully saturated rings. The first-order valence-corrected chi connectivity index (χ1v) is 9.66. The normalized spacial score (nSPS) is 23.2. The van der Waals surface area contributed by atoms with E-state index in [1.54, 1.807) is 0 Å². The number of nitrogens with zero attached hydrogens (tertiary/aromatic N) is 1. The van der Waals surface area contributed by atoms with E-state index in [0.717, 1.165) is 16.7 Å². The van der Waals surface area contributed by atoms with Crippen molar-refractivity contribution in [2.75, 3.05) is 0 Å². The Labute approximate surface area is 154 Å². The molecule has 12 heteroatoms. The van der Waals surface area contributed by atoms with Gasteiger partial charge in [0.2, 0.25) is 11.8 Å². The van der Waals surface area contributed by atoms with Crippen LogP contribution in [0, 0.1) is 5.92 Å². The zero-order chi connectivity index (χ0) is 19.9. The largest absolute Gasteiger partial charge is 0.477 e. The number of carboxylic acids is 1. The Morgan fingerprint density at radius 1 is 1.42 bits per heavy atom. The fourth-order valence-electron chi connectivity index (χ4n) is 3.13. The number of hydrogen-bond acceptors (Lipinski definition) is 7. The monoisotopic (exact) mass is 406 g/mol. The van der Waals surface area contributed by atoms with Gasteiger partial charge in [-0.05, 0) is 19.3 Å². The number of carboxylic acid groups (broad SMARTS) is 1. The van der Waals surface area contributed by atoms with Gasteiger partial charge in [0.25, 0.3) is 0 Å². The van der Waals surface area contributed by atoms with Gasteiger partial charge < -0.3 is 15.3 Å². The molecule has 2 heterocycles. The van der Waals surface area contributed by atoms with Crippen LogP contribution in [0.15, 0.2) is 22.2 Å². The molecule has 2 atom stereocenters. The number of nitrogens with one attached hydrogen (secondary N) is 1. The molecule has 3 N–H and O–H groups in total. The molecule has 10 nitrogen and oxygen atoms in total. The molecule has 26 heavy (non-hydrogen) atoms. The molecule has 0 aliphatic carbocycles. The lowest BCUT2D eigenvalue weighted by molar-refractivity contribution is -0.166. The smallest absolute Gasteiger partial charge is 0.397 e. The van der Waals surface area contributed by atoms with Gasteiger partial charge in [-0.25, -0.2) is 8.98 Å². The van der Waals surface area contributed by atoms with E-state index in [4.69, 9.17) is 4.55 Å². The SMILES string of the molecule is CC(=O)N/C=C\SC1=C(C(=O)O)N2C(=O)[C@@H](C(C)(C)OS(=O)(=O)O)[C@H]2C1. The highest BCUT2D eigenvalue weighted by atomic mass is 32.3. The molecule has 2 aliphatic rings. The average molecular weight is 406 g/mol. The Bertz CT molecular complexity index is 815. The number of carbonyl (C=O) groups excluding carboxylic acids is 2. The minimum Gasteiger partial charge on any atom is -0.477 e. The number of thioether (sulfide) groups is 1. The lowest BCUT2D eigenvalue weighted by Crippen LogP contribution is -2.66. The molecule has 2 aliphatic heterocycles. The fraction of sp³-hybridized carbons (Fsp3) is 0.500. The summed E-state index contributed by atoms with van der Waals surface area (Å²) in [5.74, 6) is -3.11. The Morgan fingerprint density at radius 3 is 2.54 bits per heavy atom. The summed E-state index contributed by atoms with van der Waals surface area (Å²) in [6, 6.07) is -0.595. The molecule has 2 amide bonds. The summed E-state index contributed by atoms with van der Waals surface area (Å²) in [5.41, 5.74) is -1.72. The predicted molar refractivity (Wildman–Crippen MR) is 90.7 cm³/mol. The van der Waals surface area contributed by atoms with Gasteiger partial charge in [-0.15, -0.1) is 0 Å². The van der Waals surface area contributed by atoms with Crippen molar-refractivity contribution >= 4 is 39.9 Å². The number of fused-ring (bicyclic) bond motifs is 1. The quantitative estimate of drug-likeness (QED) is 0.404. The van der Waals surface area contributed by atoms with Gasteiger partial charge >= 0.3 is 16.4 Å². The van der Waals surface area contributed by atoms with Crippen LogP contribution in [0.2, 0.25) is 0 Å². The van der Waals surface area contributed by atoms with E-state index in [1.807, 2.05) is 0 Å². The number of hydrogen-bond donors (Lipinski definition) is 3. The fourth-order valence-corrected chi connectivity index (χ4v) is 4.64. The summed E-state index contributed by atoms with van der Waals surface area (Å²) < 4.78 is 35.5. The molecule has 144 valence electrons. The number of amides is 2. The summed E-state index contributed by atoms with van der Waals surface area (Å²) in [6.07, 6.45) is 1.53. The molecule has 0 aromatic heterocycles. The van der Waals surface area contributed by atoms with E-state index < -0.39 is 39.8 Å². The number of aliphatic carboxylic acids is 1. The van der Waals surface area contributed by atoms with Crippen molar-refractivity contribution in [2.45, 2.75) is 38.8 Å². The highest BCUT2D eigenvalue weighted by Crippen LogP contribution is 2.50. The first kappa shape index (κ1) is 20.4. The molecule has 0 aromatic carbocycles. The summed E-state index contributed by atoms with van der Waals surface area (Å²) in [6.45, 7) is 3.99. The van der Waals surface area contributed by atoms with Crippen molar-refractivity contribution in [1.82, 2.24) is 10.2 Å². The summed E-state index contributed by atoms with van der Waals surface area (Å²) in [5, 5.41) is 13.3. The maximum Gasteiger partial charge on any atom is 0.397 e. The second-order valence-electron chi connectivity index (χ2n) is 6.27. The highest BCUT2D eigenvalue weighted by Gasteiger charge is 2.61. The van der Waals surface area contributed by atoms with Crippen LogP contribution in [0.3, 0.4) is 0 Å². The van der Waals surface area contributed by atoms with E-state index >= 15 is 0 Å². The van der Waals surface area contributed by atoms with E-state index in [1.165, 1.54) is 32.4 Å². The van der Waals surface area contributed by atoms with Crippen molar-refractivity contribution < 1.29 is 36.6 Å². The minimum absolute atomic E-state index is 0.184. The van der Waals surface area contributed by atoms with E-state index in [-0.39, 0.29) is 18.0 Å². The molecule has 1 saturated heterocycles. The molecular weight excluding hydrogens is 388 g/mol. The number of carbonyl (C=O) groups is 3. The Morgan fingerprint density at radius 2 is 2.04 bits per heavy atom. The van der Waals surface area contributed by atoms with Gasteiger partial charge in [0, 0.05) is 24.4 Å². The van der Waals surface area contributed by atoms with Crippen molar-refractivity contribution in [3.63, 3.8) is 0 Å². The Balaban J connectivity index is 2.21. The van der Waals surface area contributed by atoms with Gasteiger partial charge in [0.15, 0.2) is 0 Å². The number of β-lactam (4-membered cyclic amide) rings is 1. The second-order valence-corrected chi connectivity index (χ2v) is 8.29. The topological polar surface area (TPSA) is 150 Å². The van der Waals surface area contributed by atoms with Crippen molar-refractivity contribution in [3.8, 4) is 0 Å². The predicted octanol–water partition coefficient (Wildman–Crippen LogP) is 0.452. The van der Waals surface area contributed by atoms with E-state index in [9.17, 15) is 27.9 Å². The Kier molecular flexibility index (Phi) is 5.52. The minimum atomic E-state index is -4.78. The molecule has 0 saturated carbocycles. The highest BCUT2D eigenvalue weighted by molar-refractivity contribution is 8.05. The van der Waals surface area contributed by atoms with Crippen LogP contribution in [0.4, 0.5) is 0 Å². The third kappa shape index (κ3) is 4.09. The summed E-state index contributed by atoms with van der Waals surface area (Å²) >= 11 is 1.04. The van der Waals surface area contributed by atoms with Crippen LogP contribution in [-0.4, -0.2) is 52.4 Å². The second kappa shape index (κ2) is 7.02. The van der Waals surface area contributed by atoms with Gasteiger partial charge in [-0.3, -0.25) is 14.1 Å². The third-order valence-electron chi connectivity index (χ3n) is 3.96. The summed E-state index contributed by atoms with van der Waals surface area (Å²) in [4.78, 5) is 36.3. The lowest BCUT2D eigenvalue weighted by Gasteiger charge is -2.49. The first-order valence-electron chi connectivity index (χ1n) is 7.41. The van der Waals surface area contributed by atoms with Gasteiger partial charge in [0.1, 0.15) is 5.70 Å². The molecule has 0 aromatic rings. The van der Waals surface area contributed by atoms with Crippen LogP contribution in [0.5, 0.6) is 0 Å². The van der Waals surface area contributed by atoms with Crippen LogP contribution in [0.1, 0.15) is 27.2 Å². The molecule has 0 spiro atoms. The molecule has 2 rings (SSSR count). The van der Waals surface area contributed by atoms with Crippen molar-refractivity contribution in [2.24, 2.45) is 5.92 Å². The third-order valence-corrected chi connectivity index (χ3v) is 5.51.